The Morgan fingerprint density at radius 3 is 2.58 bits per heavy atom. The number of aromatic nitrogens is 2. The molecule has 2 heterocycles. The molecule has 1 aromatic heterocycles. The fraction of sp³-hybridized carbons (Fsp3) is 0.444. The van der Waals surface area contributed by atoms with Crippen LogP contribution < -0.4 is 0 Å². The van der Waals surface area contributed by atoms with Crippen molar-refractivity contribution in [3.8, 4) is 0 Å². The van der Waals surface area contributed by atoms with Crippen LogP contribution in [0.15, 0.2) is 36.5 Å². The van der Waals surface area contributed by atoms with Gasteiger partial charge in [0.1, 0.15) is 0 Å². The van der Waals surface area contributed by atoms with E-state index in [4.69, 9.17) is 11.6 Å². The summed E-state index contributed by atoms with van der Waals surface area (Å²) in [5, 5.41) is 15.0. The molecule has 0 saturated carbocycles. The molecule has 1 N–H and O–H groups in total. The van der Waals surface area contributed by atoms with Crippen molar-refractivity contribution in [1.29, 1.82) is 0 Å². The number of rotatable bonds is 4. The van der Waals surface area contributed by atoms with Gasteiger partial charge in [0.2, 0.25) is 0 Å². The summed E-state index contributed by atoms with van der Waals surface area (Å²) < 4.78 is 1.55. The Labute approximate surface area is 146 Å². The first-order valence-corrected chi connectivity index (χ1v) is 8.63. The summed E-state index contributed by atoms with van der Waals surface area (Å²) in [7, 11) is 1.74. The number of aliphatic hydroxyl groups is 1. The predicted octanol–water partition coefficient (Wildman–Crippen LogP) is 2.53. The van der Waals surface area contributed by atoms with E-state index in [2.05, 4.69) is 5.10 Å². The monoisotopic (exact) mass is 347 g/mol. The van der Waals surface area contributed by atoms with Gasteiger partial charge in [-0.3, -0.25) is 9.48 Å². The molecule has 2 aromatic rings. The topological polar surface area (TPSA) is 58.4 Å². The zero-order valence-corrected chi connectivity index (χ0v) is 14.5. The van der Waals surface area contributed by atoms with Crippen molar-refractivity contribution in [2.45, 2.75) is 25.4 Å². The van der Waals surface area contributed by atoms with Gasteiger partial charge in [-0.2, -0.15) is 5.10 Å². The lowest BCUT2D eigenvalue weighted by molar-refractivity contribution is 0.0463. The van der Waals surface area contributed by atoms with Gasteiger partial charge >= 0.3 is 0 Å². The SMILES string of the molecule is Cn1cc(Cl)c(C(=O)N2CCC([C@@H](O)Cc3ccccc3)CC2)n1. The maximum absolute atomic E-state index is 12.5. The van der Waals surface area contributed by atoms with E-state index in [-0.39, 0.29) is 17.9 Å². The van der Waals surface area contributed by atoms with Crippen LogP contribution in [0, 0.1) is 5.92 Å². The number of carbonyl (C=O) groups is 1. The van der Waals surface area contributed by atoms with E-state index < -0.39 is 0 Å². The summed E-state index contributed by atoms with van der Waals surface area (Å²) >= 11 is 6.06. The number of hydrogen-bond donors (Lipinski definition) is 1. The third-order valence-corrected chi connectivity index (χ3v) is 4.92. The highest BCUT2D eigenvalue weighted by atomic mass is 35.5. The van der Waals surface area contributed by atoms with E-state index in [1.165, 1.54) is 0 Å². The smallest absolute Gasteiger partial charge is 0.275 e. The van der Waals surface area contributed by atoms with E-state index in [0.29, 0.717) is 30.2 Å². The summed E-state index contributed by atoms with van der Waals surface area (Å²) in [5.74, 6) is 0.0880. The van der Waals surface area contributed by atoms with Crippen LogP contribution in [-0.2, 0) is 13.5 Å². The highest BCUT2D eigenvalue weighted by molar-refractivity contribution is 6.33. The first kappa shape index (κ1) is 17.0. The highest BCUT2D eigenvalue weighted by Crippen LogP contribution is 2.25. The predicted molar refractivity (Wildman–Crippen MR) is 93.0 cm³/mol. The molecule has 128 valence electrons. The first-order chi connectivity index (χ1) is 11.5. The molecule has 1 atom stereocenters. The number of carbonyl (C=O) groups excluding carboxylic acids is 1. The van der Waals surface area contributed by atoms with E-state index in [0.717, 1.165) is 18.4 Å². The number of aryl methyl sites for hydroxylation is 1. The molecular formula is C18H22ClN3O2. The van der Waals surface area contributed by atoms with Crippen LogP contribution in [-0.4, -0.2) is 44.9 Å². The van der Waals surface area contributed by atoms with Gasteiger partial charge < -0.3 is 10.0 Å². The molecule has 0 unspecified atom stereocenters. The second-order valence-electron chi connectivity index (χ2n) is 6.39. The molecule has 0 spiro atoms. The molecular weight excluding hydrogens is 326 g/mol. The van der Waals surface area contributed by atoms with Crippen LogP contribution >= 0.6 is 11.6 Å². The minimum Gasteiger partial charge on any atom is -0.392 e. The number of halogens is 1. The standard InChI is InChI=1S/C18H22ClN3O2/c1-21-12-15(19)17(20-21)18(24)22-9-7-14(8-10-22)16(23)11-13-5-3-2-4-6-13/h2-6,12,14,16,23H,7-11H2,1H3/t16-/m0/s1. The maximum atomic E-state index is 12.5. The van der Waals surface area contributed by atoms with Gasteiger partial charge in [0, 0.05) is 26.3 Å². The first-order valence-electron chi connectivity index (χ1n) is 8.25. The van der Waals surface area contributed by atoms with E-state index in [9.17, 15) is 9.90 Å². The lowest BCUT2D eigenvalue weighted by Crippen LogP contribution is -2.42. The van der Waals surface area contributed by atoms with Crippen LogP contribution in [0.4, 0.5) is 0 Å². The van der Waals surface area contributed by atoms with Gasteiger partial charge in [0.15, 0.2) is 5.69 Å². The lowest BCUT2D eigenvalue weighted by Gasteiger charge is -2.34. The third kappa shape index (κ3) is 3.79. The average molecular weight is 348 g/mol. The lowest BCUT2D eigenvalue weighted by atomic mass is 9.88. The molecule has 6 heteroatoms. The summed E-state index contributed by atoms with van der Waals surface area (Å²) in [5.41, 5.74) is 1.45. The Morgan fingerprint density at radius 2 is 2.00 bits per heavy atom. The molecule has 0 aliphatic carbocycles. The van der Waals surface area contributed by atoms with Crippen molar-refractivity contribution < 1.29 is 9.90 Å². The molecule has 0 radical (unpaired) electrons. The van der Waals surface area contributed by atoms with Gasteiger partial charge in [-0.1, -0.05) is 41.9 Å². The summed E-state index contributed by atoms with van der Waals surface area (Å²) in [6.45, 7) is 1.25. The number of amides is 1. The molecule has 3 rings (SSSR count). The number of hydrogen-bond acceptors (Lipinski definition) is 3. The van der Waals surface area contributed by atoms with Gasteiger partial charge in [-0.15, -0.1) is 0 Å². The molecule has 0 bridgehead atoms. The van der Waals surface area contributed by atoms with Crippen LogP contribution in [0.5, 0.6) is 0 Å². The van der Waals surface area contributed by atoms with Crippen LogP contribution in [0.3, 0.4) is 0 Å². The second-order valence-corrected chi connectivity index (χ2v) is 6.79. The molecule has 1 saturated heterocycles. The Bertz CT molecular complexity index is 694. The van der Waals surface area contributed by atoms with Crippen molar-refractivity contribution in [2.75, 3.05) is 13.1 Å². The van der Waals surface area contributed by atoms with E-state index in [1.54, 1.807) is 22.8 Å². The van der Waals surface area contributed by atoms with Crippen molar-refractivity contribution in [2.24, 2.45) is 13.0 Å². The molecule has 5 nitrogen and oxygen atoms in total. The molecule has 1 aliphatic heterocycles. The zero-order chi connectivity index (χ0) is 17.1. The Kier molecular flexibility index (Phi) is 5.21. The normalized spacial score (nSPS) is 17.0. The van der Waals surface area contributed by atoms with Crippen LogP contribution in [0.2, 0.25) is 5.02 Å². The molecule has 1 fully saturated rings. The number of aliphatic hydroxyl groups excluding tert-OH is 1. The highest BCUT2D eigenvalue weighted by Gasteiger charge is 2.29. The van der Waals surface area contributed by atoms with Crippen molar-refractivity contribution in [3.63, 3.8) is 0 Å². The van der Waals surface area contributed by atoms with Crippen molar-refractivity contribution in [3.05, 3.63) is 52.8 Å². The molecule has 1 amide bonds. The average Bonchev–Trinajstić information content (AvgIpc) is 2.93. The number of likely N-dealkylation sites (tertiary alicyclic amines) is 1. The molecule has 24 heavy (non-hydrogen) atoms. The van der Waals surface area contributed by atoms with E-state index in [1.807, 2.05) is 30.3 Å². The van der Waals surface area contributed by atoms with Gasteiger partial charge in [-0.25, -0.2) is 0 Å². The largest absolute Gasteiger partial charge is 0.392 e. The third-order valence-electron chi connectivity index (χ3n) is 4.65. The number of piperidine rings is 1. The minimum atomic E-state index is -0.372. The van der Waals surface area contributed by atoms with Crippen LogP contribution in [0.1, 0.15) is 28.9 Å². The Morgan fingerprint density at radius 1 is 1.33 bits per heavy atom. The second kappa shape index (κ2) is 7.36. The minimum absolute atomic E-state index is 0.128. The molecule has 1 aliphatic rings. The zero-order valence-electron chi connectivity index (χ0n) is 13.7. The van der Waals surface area contributed by atoms with E-state index >= 15 is 0 Å². The van der Waals surface area contributed by atoms with Crippen LogP contribution in [0.25, 0.3) is 0 Å². The Hall–Kier alpha value is -1.85. The van der Waals surface area contributed by atoms with Gasteiger partial charge in [-0.05, 0) is 30.7 Å². The quantitative estimate of drug-likeness (QED) is 0.924. The number of benzene rings is 1. The van der Waals surface area contributed by atoms with Gasteiger partial charge in [0.25, 0.3) is 5.91 Å². The fourth-order valence-corrected chi connectivity index (χ4v) is 3.52. The van der Waals surface area contributed by atoms with Gasteiger partial charge in [0.05, 0.1) is 11.1 Å². The summed E-state index contributed by atoms with van der Waals surface area (Å²) in [6, 6.07) is 10.0. The Balaban J connectivity index is 1.55. The van der Waals surface area contributed by atoms with Crippen molar-refractivity contribution >= 4 is 17.5 Å². The summed E-state index contributed by atoms with van der Waals surface area (Å²) in [4.78, 5) is 14.3. The fourth-order valence-electron chi connectivity index (χ4n) is 3.26. The molecule has 1 aromatic carbocycles. The maximum Gasteiger partial charge on any atom is 0.275 e. The summed E-state index contributed by atoms with van der Waals surface area (Å²) in [6.07, 6.45) is 3.51. The number of nitrogens with zero attached hydrogens (tertiary/aromatic N) is 3. The van der Waals surface area contributed by atoms with Crippen molar-refractivity contribution in [1.82, 2.24) is 14.7 Å².